The van der Waals surface area contributed by atoms with Crippen LogP contribution in [-0.4, -0.2) is 0 Å². The van der Waals surface area contributed by atoms with E-state index < -0.39 is 3.79 Å². The largest absolute Gasteiger partial charge is 0.218 e. The molecule has 0 aromatic heterocycles. The smallest absolute Gasteiger partial charge is 0.0835 e. The molecule has 0 nitrogen and oxygen atoms in total. The van der Waals surface area contributed by atoms with Crippen LogP contribution in [0.5, 0.6) is 0 Å². The Labute approximate surface area is 112 Å². The van der Waals surface area contributed by atoms with Crippen molar-refractivity contribution in [2.75, 3.05) is 0 Å². The molecule has 1 aromatic rings. The van der Waals surface area contributed by atoms with Gasteiger partial charge in [0.1, 0.15) is 0 Å². The number of rotatable bonds is 0. The second-order valence-corrected chi connectivity index (χ2v) is 5.98. The first-order valence-corrected chi connectivity index (χ1v) is 5.65. The van der Waals surface area contributed by atoms with Crippen molar-refractivity contribution in [1.29, 1.82) is 0 Å². The van der Waals surface area contributed by atoms with Gasteiger partial charge >= 0.3 is 0 Å². The highest BCUT2D eigenvalue weighted by Crippen LogP contribution is 2.48. The monoisotopic (exact) mass is 309 g/mol. The molecule has 1 rings (SSSR count). The van der Waals surface area contributed by atoms with Crippen LogP contribution in [0.25, 0.3) is 0 Å². The van der Waals surface area contributed by atoms with Crippen molar-refractivity contribution in [1.82, 2.24) is 0 Å². The van der Waals surface area contributed by atoms with E-state index in [4.69, 9.17) is 69.6 Å². The quantitative estimate of drug-likeness (QED) is 0.433. The lowest BCUT2D eigenvalue weighted by atomic mass is 10.1. The van der Waals surface area contributed by atoms with Gasteiger partial charge in [-0.3, -0.25) is 0 Å². The SMILES string of the molecule is Cc1[c]c(Cl)c(Cl)c(C(Cl)(Cl)Cl)c1Cl. The van der Waals surface area contributed by atoms with E-state index in [-0.39, 0.29) is 20.6 Å². The minimum atomic E-state index is -1.70. The van der Waals surface area contributed by atoms with Gasteiger partial charge in [0, 0.05) is 11.6 Å². The molecule has 77 valence electrons. The van der Waals surface area contributed by atoms with Gasteiger partial charge in [0.25, 0.3) is 0 Å². The summed E-state index contributed by atoms with van der Waals surface area (Å²) in [6.07, 6.45) is 0. The van der Waals surface area contributed by atoms with Gasteiger partial charge in [-0.15, -0.1) is 0 Å². The molecule has 0 aliphatic carbocycles. The summed E-state index contributed by atoms with van der Waals surface area (Å²) >= 11 is 34.7. The van der Waals surface area contributed by atoms with E-state index in [0.29, 0.717) is 5.56 Å². The first-order valence-electron chi connectivity index (χ1n) is 3.38. The van der Waals surface area contributed by atoms with E-state index in [2.05, 4.69) is 6.07 Å². The van der Waals surface area contributed by atoms with Crippen LogP contribution in [0.1, 0.15) is 11.1 Å². The van der Waals surface area contributed by atoms with Gasteiger partial charge in [-0.1, -0.05) is 69.6 Å². The van der Waals surface area contributed by atoms with Crippen LogP contribution in [0.2, 0.25) is 15.1 Å². The summed E-state index contributed by atoms with van der Waals surface area (Å²) < 4.78 is -1.70. The summed E-state index contributed by atoms with van der Waals surface area (Å²) in [6.45, 7) is 1.70. The normalized spacial score (nSPS) is 11.9. The topological polar surface area (TPSA) is 0 Å². The maximum atomic E-state index is 5.93. The zero-order valence-corrected chi connectivity index (χ0v) is 11.3. The molecule has 0 amide bonds. The number of halogens is 6. The van der Waals surface area contributed by atoms with Crippen molar-refractivity contribution in [2.24, 2.45) is 0 Å². The fourth-order valence-electron chi connectivity index (χ4n) is 0.917. The number of aryl methyl sites for hydroxylation is 1. The van der Waals surface area contributed by atoms with Crippen LogP contribution in [0.15, 0.2) is 0 Å². The first kappa shape index (κ1) is 13.0. The zero-order valence-electron chi connectivity index (χ0n) is 6.77. The second kappa shape index (κ2) is 4.45. The molecule has 0 aliphatic heterocycles. The first-order chi connectivity index (χ1) is 6.25. The third-order valence-electron chi connectivity index (χ3n) is 1.54. The van der Waals surface area contributed by atoms with Crippen LogP contribution < -0.4 is 0 Å². The number of benzene rings is 1. The molecule has 0 fully saturated rings. The van der Waals surface area contributed by atoms with E-state index in [1.54, 1.807) is 6.92 Å². The molecule has 0 spiro atoms. The molecule has 1 radical (unpaired) electrons. The minimum absolute atomic E-state index is 0.113. The van der Waals surface area contributed by atoms with Crippen molar-refractivity contribution >= 4 is 69.6 Å². The number of hydrogen-bond donors (Lipinski definition) is 0. The van der Waals surface area contributed by atoms with Crippen LogP contribution >= 0.6 is 69.6 Å². The fourth-order valence-corrected chi connectivity index (χ4v) is 2.63. The molecule has 0 unspecified atom stereocenters. The zero-order chi connectivity index (χ0) is 11.1. The summed E-state index contributed by atoms with van der Waals surface area (Å²) in [5.41, 5.74) is 0.773. The van der Waals surface area contributed by atoms with Crippen molar-refractivity contribution in [3.05, 3.63) is 32.3 Å². The van der Waals surface area contributed by atoms with Gasteiger partial charge < -0.3 is 0 Å². The second-order valence-electron chi connectivity index (χ2n) is 2.56. The Morgan fingerprint density at radius 2 is 1.50 bits per heavy atom. The molecule has 0 aliphatic rings. The van der Waals surface area contributed by atoms with Gasteiger partial charge in [0.05, 0.1) is 15.1 Å². The van der Waals surface area contributed by atoms with Crippen molar-refractivity contribution in [2.45, 2.75) is 10.7 Å². The molecule has 0 heterocycles. The van der Waals surface area contributed by atoms with E-state index in [1.807, 2.05) is 0 Å². The van der Waals surface area contributed by atoms with E-state index in [0.717, 1.165) is 0 Å². The third-order valence-corrected chi connectivity index (χ3v) is 3.34. The van der Waals surface area contributed by atoms with Crippen molar-refractivity contribution < 1.29 is 0 Å². The van der Waals surface area contributed by atoms with E-state index >= 15 is 0 Å². The summed E-state index contributed by atoms with van der Waals surface area (Å²) in [5.74, 6) is 0. The number of hydrogen-bond acceptors (Lipinski definition) is 0. The standard InChI is InChI=1S/C8H3Cl6/c1-3-2-4(9)7(11)5(6(3)10)8(12,13)14/h1H3. The lowest BCUT2D eigenvalue weighted by molar-refractivity contribution is 1.22. The summed E-state index contributed by atoms with van der Waals surface area (Å²) in [4.78, 5) is 0. The molecule has 0 saturated heterocycles. The molecular formula is C8H3Cl6. The van der Waals surface area contributed by atoms with Gasteiger partial charge in [-0.25, -0.2) is 0 Å². The summed E-state index contributed by atoms with van der Waals surface area (Å²) in [7, 11) is 0. The van der Waals surface area contributed by atoms with Crippen molar-refractivity contribution in [3.63, 3.8) is 0 Å². The maximum absolute atomic E-state index is 5.93. The van der Waals surface area contributed by atoms with Gasteiger partial charge in [0.2, 0.25) is 3.79 Å². The highest BCUT2D eigenvalue weighted by atomic mass is 35.6. The molecule has 0 saturated carbocycles. The summed E-state index contributed by atoms with van der Waals surface area (Å²) in [5, 5.41) is 0.566. The number of alkyl halides is 3. The molecular weight excluding hydrogens is 309 g/mol. The van der Waals surface area contributed by atoms with E-state index in [9.17, 15) is 0 Å². The Hall–Kier alpha value is 0.960. The lowest BCUT2D eigenvalue weighted by Gasteiger charge is -2.17. The highest BCUT2D eigenvalue weighted by Gasteiger charge is 2.31. The predicted molar refractivity (Wildman–Crippen MR) is 64.3 cm³/mol. The highest BCUT2D eigenvalue weighted by molar-refractivity contribution is 6.68. The average molecular weight is 312 g/mol. The fraction of sp³-hybridized carbons (Fsp3) is 0.250. The Balaban J connectivity index is 3.56. The molecule has 0 bridgehead atoms. The molecule has 14 heavy (non-hydrogen) atoms. The molecule has 6 heteroatoms. The third kappa shape index (κ3) is 2.55. The van der Waals surface area contributed by atoms with Crippen LogP contribution in [0.4, 0.5) is 0 Å². The summed E-state index contributed by atoms with van der Waals surface area (Å²) in [6, 6.07) is 2.74. The van der Waals surface area contributed by atoms with E-state index in [1.165, 1.54) is 0 Å². The Bertz CT molecular complexity index is 339. The van der Waals surface area contributed by atoms with Gasteiger partial charge in [-0.05, 0) is 12.5 Å². The van der Waals surface area contributed by atoms with Crippen LogP contribution in [0.3, 0.4) is 0 Å². The Kier molecular flexibility index (Phi) is 4.14. The van der Waals surface area contributed by atoms with Crippen LogP contribution in [-0.2, 0) is 3.79 Å². The molecule has 1 aromatic carbocycles. The van der Waals surface area contributed by atoms with Crippen LogP contribution in [0, 0.1) is 13.0 Å². The van der Waals surface area contributed by atoms with Crippen molar-refractivity contribution in [3.8, 4) is 0 Å². The molecule has 0 atom stereocenters. The maximum Gasteiger partial charge on any atom is 0.218 e. The minimum Gasteiger partial charge on any atom is -0.0835 e. The molecule has 0 N–H and O–H groups in total. The Morgan fingerprint density at radius 3 is 1.93 bits per heavy atom. The lowest BCUT2D eigenvalue weighted by Crippen LogP contribution is -2.04. The Morgan fingerprint density at radius 1 is 1.00 bits per heavy atom. The average Bonchev–Trinajstić information content (AvgIpc) is 1.98. The predicted octanol–water partition coefficient (Wildman–Crippen LogP) is 5.58. The van der Waals surface area contributed by atoms with Gasteiger partial charge in [0.15, 0.2) is 0 Å². The van der Waals surface area contributed by atoms with Gasteiger partial charge in [-0.2, -0.15) is 0 Å².